The minimum Gasteiger partial charge on any atom is -0.497 e. The van der Waals surface area contributed by atoms with E-state index in [1.165, 1.54) is 0 Å². The first-order valence-electron chi connectivity index (χ1n) is 9.85. The van der Waals surface area contributed by atoms with Gasteiger partial charge in [-0.3, -0.25) is 14.9 Å². The van der Waals surface area contributed by atoms with Crippen LogP contribution in [0.4, 0.5) is 0 Å². The first-order chi connectivity index (χ1) is 14.2. The molecule has 0 radical (unpaired) electrons. The second-order valence-corrected chi connectivity index (χ2v) is 7.09. The van der Waals surface area contributed by atoms with Gasteiger partial charge in [0.05, 0.1) is 19.3 Å². The molecule has 1 fully saturated rings. The summed E-state index contributed by atoms with van der Waals surface area (Å²) in [5.74, 6) is 2.15. The molecule has 1 aliphatic rings. The van der Waals surface area contributed by atoms with Crippen molar-refractivity contribution in [3.8, 4) is 17.3 Å². The molecular formula is C21H24N6O2. The minimum absolute atomic E-state index is 0.0838. The normalized spacial score (nSPS) is 16.6. The highest BCUT2D eigenvalue weighted by molar-refractivity contribution is 5.77. The molecule has 0 bridgehead atoms. The third-order valence-electron chi connectivity index (χ3n) is 5.20. The molecule has 1 saturated heterocycles. The fourth-order valence-electron chi connectivity index (χ4n) is 3.69. The largest absolute Gasteiger partial charge is 0.497 e. The number of methoxy groups -OCH3 is 1. The van der Waals surface area contributed by atoms with Crippen LogP contribution in [0.1, 0.15) is 43.1 Å². The Kier molecular flexibility index (Phi) is 5.79. The van der Waals surface area contributed by atoms with E-state index in [9.17, 15) is 4.79 Å². The molecule has 150 valence electrons. The van der Waals surface area contributed by atoms with Crippen LogP contribution in [0.15, 0.2) is 42.9 Å². The van der Waals surface area contributed by atoms with Crippen molar-refractivity contribution in [2.24, 2.45) is 0 Å². The Morgan fingerprint density at radius 3 is 3.07 bits per heavy atom. The molecule has 0 saturated carbocycles. The van der Waals surface area contributed by atoms with Gasteiger partial charge in [0.1, 0.15) is 17.3 Å². The van der Waals surface area contributed by atoms with E-state index in [0.29, 0.717) is 30.2 Å². The highest BCUT2D eigenvalue weighted by Crippen LogP contribution is 2.30. The molecule has 8 heteroatoms. The number of hydrogen-bond acceptors (Lipinski definition) is 6. The Labute approximate surface area is 169 Å². The molecule has 1 atom stereocenters. The molecule has 1 unspecified atom stereocenters. The second-order valence-electron chi connectivity index (χ2n) is 7.09. The van der Waals surface area contributed by atoms with E-state index in [1.807, 2.05) is 29.2 Å². The van der Waals surface area contributed by atoms with E-state index in [2.05, 4.69) is 25.1 Å². The van der Waals surface area contributed by atoms with Crippen molar-refractivity contribution < 1.29 is 9.53 Å². The zero-order valence-corrected chi connectivity index (χ0v) is 16.4. The van der Waals surface area contributed by atoms with Gasteiger partial charge in [-0.25, -0.2) is 9.97 Å². The summed E-state index contributed by atoms with van der Waals surface area (Å²) in [5, 5.41) is 7.29. The smallest absolute Gasteiger partial charge is 0.223 e. The van der Waals surface area contributed by atoms with Crippen molar-refractivity contribution in [1.82, 2.24) is 30.0 Å². The maximum atomic E-state index is 13.0. The second kappa shape index (κ2) is 8.81. The molecule has 1 N–H and O–H groups in total. The number of H-pyrrole nitrogens is 1. The van der Waals surface area contributed by atoms with Gasteiger partial charge in [0.25, 0.3) is 0 Å². The van der Waals surface area contributed by atoms with Gasteiger partial charge in [-0.15, -0.1) is 0 Å². The van der Waals surface area contributed by atoms with E-state index < -0.39 is 0 Å². The van der Waals surface area contributed by atoms with Gasteiger partial charge >= 0.3 is 0 Å². The number of rotatable bonds is 6. The number of ether oxygens (including phenoxy) is 1. The van der Waals surface area contributed by atoms with Crippen molar-refractivity contribution in [3.63, 3.8) is 0 Å². The lowest BCUT2D eigenvalue weighted by Gasteiger charge is -2.34. The molecule has 0 spiro atoms. The molecule has 3 aromatic rings. The van der Waals surface area contributed by atoms with E-state index in [4.69, 9.17) is 4.74 Å². The lowest BCUT2D eigenvalue weighted by atomic mass is 10.00. The number of carbonyl (C=O) groups excluding carboxylic acids is 1. The SMILES string of the molecule is COc1cccc(CCC(=O)N2CCCCC2c2nc(-c3cnccn3)n[nH]2)c1. The highest BCUT2D eigenvalue weighted by Gasteiger charge is 2.30. The average molecular weight is 392 g/mol. The van der Waals surface area contributed by atoms with E-state index in [0.717, 1.165) is 37.1 Å². The van der Waals surface area contributed by atoms with Crippen LogP contribution in [-0.2, 0) is 11.2 Å². The Bertz CT molecular complexity index is 959. The van der Waals surface area contributed by atoms with Crippen LogP contribution in [0.25, 0.3) is 11.5 Å². The van der Waals surface area contributed by atoms with Crippen LogP contribution in [0.2, 0.25) is 0 Å². The Morgan fingerprint density at radius 1 is 1.31 bits per heavy atom. The van der Waals surface area contributed by atoms with Crippen molar-refractivity contribution in [2.45, 2.75) is 38.1 Å². The quantitative estimate of drug-likeness (QED) is 0.693. The maximum Gasteiger partial charge on any atom is 0.223 e. The number of nitrogens with one attached hydrogen (secondary N) is 1. The summed E-state index contributed by atoms with van der Waals surface area (Å²) in [6.07, 6.45) is 8.93. The molecule has 1 aliphatic heterocycles. The Hall–Kier alpha value is -3.29. The molecular weight excluding hydrogens is 368 g/mol. The molecule has 1 amide bonds. The Balaban J connectivity index is 1.46. The number of hydrogen-bond donors (Lipinski definition) is 1. The molecule has 1 aromatic carbocycles. The number of amides is 1. The predicted molar refractivity (Wildman–Crippen MR) is 107 cm³/mol. The van der Waals surface area contributed by atoms with Crippen molar-refractivity contribution in [2.75, 3.05) is 13.7 Å². The molecule has 3 heterocycles. The summed E-state index contributed by atoms with van der Waals surface area (Å²) >= 11 is 0. The topological polar surface area (TPSA) is 96.9 Å². The fraction of sp³-hybridized carbons (Fsp3) is 0.381. The number of aromatic nitrogens is 5. The monoisotopic (exact) mass is 392 g/mol. The van der Waals surface area contributed by atoms with E-state index in [1.54, 1.807) is 25.7 Å². The zero-order valence-electron chi connectivity index (χ0n) is 16.4. The number of benzene rings is 1. The van der Waals surface area contributed by atoms with Gasteiger partial charge in [0.2, 0.25) is 11.7 Å². The summed E-state index contributed by atoms with van der Waals surface area (Å²) in [6, 6.07) is 7.77. The van der Waals surface area contributed by atoms with Gasteiger partial charge < -0.3 is 9.64 Å². The fourth-order valence-corrected chi connectivity index (χ4v) is 3.69. The molecule has 4 rings (SSSR count). The third-order valence-corrected chi connectivity index (χ3v) is 5.20. The zero-order chi connectivity index (χ0) is 20.1. The molecule has 2 aromatic heterocycles. The molecule has 29 heavy (non-hydrogen) atoms. The first-order valence-corrected chi connectivity index (χ1v) is 9.85. The van der Waals surface area contributed by atoms with Crippen LogP contribution < -0.4 is 4.74 Å². The van der Waals surface area contributed by atoms with Crippen molar-refractivity contribution >= 4 is 5.91 Å². The van der Waals surface area contributed by atoms with Crippen molar-refractivity contribution in [1.29, 1.82) is 0 Å². The van der Waals surface area contributed by atoms with Crippen LogP contribution in [0, 0.1) is 0 Å². The lowest BCUT2D eigenvalue weighted by Crippen LogP contribution is -2.39. The number of nitrogens with zero attached hydrogens (tertiary/aromatic N) is 5. The number of carbonyl (C=O) groups is 1. The Morgan fingerprint density at radius 2 is 2.24 bits per heavy atom. The minimum atomic E-state index is -0.0838. The number of aromatic amines is 1. The number of aryl methyl sites for hydroxylation is 1. The van der Waals surface area contributed by atoms with Gasteiger partial charge in [-0.05, 0) is 43.4 Å². The van der Waals surface area contributed by atoms with Gasteiger partial charge in [0, 0.05) is 25.4 Å². The maximum absolute atomic E-state index is 13.0. The summed E-state index contributed by atoms with van der Waals surface area (Å²) in [4.78, 5) is 27.8. The first kappa shape index (κ1) is 19.0. The van der Waals surface area contributed by atoms with Gasteiger partial charge in [0.15, 0.2) is 0 Å². The van der Waals surface area contributed by atoms with E-state index in [-0.39, 0.29) is 11.9 Å². The molecule has 8 nitrogen and oxygen atoms in total. The van der Waals surface area contributed by atoms with E-state index >= 15 is 0 Å². The van der Waals surface area contributed by atoms with Crippen molar-refractivity contribution in [3.05, 3.63) is 54.2 Å². The number of piperidine rings is 1. The average Bonchev–Trinajstić information content (AvgIpc) is 3.28. The predicted octanol–water partition coefficient (Wildman–Crippen LogP) is 2.96. The summed E-state index contributed by atoms with van der Waals surface area (Å²) in [7, 11) is 1.65. The summed E-state index contributed by atoms with van der Waals surface area (Å²) in [6.45, 7) is 0.739. The summed E-state index contributed by atoms with van der Waals surface area (Å²) in [5.41, 5.74) is 1.71. The molecule has 0 aliphatic carbocycles. The van der Waals surface area contributed by atoms with Gasteiger partial charge in [-0.1, -0.05) is 12.1 Å². The third kappa shape index (κ3) is 4.42. The lowest BCUT2D eigenvalue weighted by molar-refractivity contribution is -0.135. The number of likely N-dealkylation sites (tertiary alicyclic amines) is 1. The van der Waals surface area contributed by atoms with Crippen LogP contribution in [-0.4, -0.2) is 49.6 Å². The van der Waals surface area contributed by atoms with Crippen LogP contribution in [0.3, 0.4) is 0 Å². The van der Waals surface area contributed by atoms with Crippen LogP contribution in [0.5, 0.6) is 5.75 Å². The highest BCUT2D eigenvalue weighted by atomic mass is 16.5. The standard InChI is InChI=1S/C21H24N6O2/c1-29-16-6-4-5-15(13-16)8-9-19(28)27-12-3-2-7-18(27)21-24-20(25-26-21)17-14-22-10-11-23-17/h4-6,10-11,13-14,18H,2-3,7-9,12H2,1H3,(H,24,25,26). The van der Waals surface area contributed by atoms with Gasteiger partial charge in [-0.2, -0.15) is 5.10 Å². The summed E-state index contributed by atoms with van der Waals surface area (Å²) < 4.78 is 5.27. The van der Waals surface area contributed by atoms with Crippen LogP contribution >= 0.6 is 0 Å².